The van der Waals surface area contributed by atoms with E-state index < -0.39 is 18.5 Å². The van der Waals surface area contributed by atoms with E-state index in [1.165, 1.54) is 6.08 Å². The van der Waals surface area contributed by atoms with Crippen LogP contribution in [0.15, 0.2) is 65.1 Å². The monoisotopic (exact) mass is 393 g/mol. The second-order valence-electron chi connectivity index (χ2n) is 5.74. The van der Waals surface area contributed by atoms with Gasteiger partial charge in [-0.15, -0.1) is 5.10 Å². The maximum atomic E-state index is 11.9. The summed E-state index contributed by atoms with van der Waals surface area (Å²) in [5.74, 6) is -0.331. The minimum Gasteiger partial charge on any atom is -0.493 e. The van der Waals surface area contributed by atoms with Crippen molar-refractivity contribution in [1.29, 1.82) is 0 Å². The number of amides is 1. The lowest BCUT2D eigenvalue weighted by Crippen LogP contribution is -2.20. The zero-order chi connectivity index (χ0) is 20.5. The van der Waals surface area contributed by atoms with Crippen LogP contribution in [0.2, 0.25) is 0 Å². The molecule has 0 bridgehead atoms. The van der Waals surface area contributed by atoms with Crippen molar-refractivity contribution < 1.29 is 23.5 Å². The Balaban J connectivity index is 1.49. The summed E-state index contributed by atoms with van der Waals surface area (Å²) in [5, 5.41) is 9.99. The quantitative estimate of drug-likeness (QED) is 0.462. The van der Waals surface area contributed by atoms with Gasteiger partial charge in [-0.3, -0.25) is 10.1 Å². The van der Waals surface area contributed by atoms with Gasteiger partial charge in [0, 0.05) is 17.2 Å². The van der Waals surface area contributed by atoms with Gasteiger partial charge in [-0.2, -0.15) is 0 Å². The second-order valence-corrected chi connectivity index (χ2v) is 5.74. The molecule has 8 heteroatoms. The van der Waals surface area contributed by atoms with Gasteiger partial charge in [0.1, 0.15) is 5.75 Å². The van der Waals surface area contributed by atoms with E-state index >= 15 is 0 Å². The van der Waals surface area contributed by atoms with Crippen molar-refractivity contribution in [3.63, 3.8) is 0 Å². The highest BCUT2D eigenvalue weighted by Crippen LogP contribution is 2.20. The molecule has 0 saturated carbocycles. The number of carbonyl (C=O) groups excluding carboxylic acids is 2. The molecule has 0 radical (unpaired) electrons. The van der Waals surface area contributed by atoms with Crippen molar-refractivity contribution in [3.05, 3.63) is 66.2 Å². The molecule has 0 atom stereocenters. The standard InChI is InChI=1S/C21H19N3O5/c1-2-27-17-11-7-6-8-15(17)12-13-19(26)28-14-18(25)22-21-24-23-20(29-21)16-9-4-3-5-10-16/h3-13H,2,14H2,1H3,(H,22,24,25)/b13-12+. The number of nitrogens with zero attached hydrogens (tertiary/aromatic N) is 2. The van der Waals surface area contributed by atoms with E-state index in [1.807, 2.05) is 37.3 Å². The maximum Gasteiger partial charge on any atom is 0.331 e. The third kappa shape index (κ3) is 5.77. The normalized spacial score (nSPS) is 10.7. The van der Waals surface area contributed by atoms with Crippen molar-refractivity contribution >= 4 is 24.0 Å². The van der Waals surface area contributed by atoms with E-state index in [0.717, 1.165) is 11.1 Å². The number of anilines is 1. The van der Waals surface area contributed by atoms with Crippen LogP contribution >= 0.6 is 0 Å². The summed E-state index contributed by atoms with van der Waals surface area (Å²) in [6.45, 7) is 1.90. The van der Waals surface area contributed by atoms with E-state index in [2.05, 4.69) is 15.5 Å². The molecule has 0 aliphatic rings. The molecule has 0 aliphatic carbocycles. The molecular formula is C21H19N3O5. The molecule has 0 aliphatic heterocycles. The Morgan fingerprint density at radius 1 is 1.07 bits per heavy atom. The van der Waals surface area contributed by atoms with Gasteiger partial charge in [-0.25, -0.2) is 4.79 Å². The number of rotatable bonds is 8. The summed E-state index contributed by atoms with van der Waals surface area (Å²) in [5.41, 5.74) is 1.46. The van der Waals surface area contributed by atoms with E-state index in [1.54, 1.807) is 30.3 Å². The van der Waals surface area contributed by atoms with E-state index in [0.29, 0.717) is 12.4 Å². The van der Waals surface area contributed by atoms with Crippen LogP contribution in [0.25, 0.3) is 17.5 Å². The second kappa shape index (κ2) is 9.84. The number of esters is 1. The molecule has 148 valence electrons. The lowest BCUT2D eigenvalue weighted by molar-refractivity contribution is -0.142. The van der Waals surface area contributed by atoms with Gasteiger partial charge in [0.2, 0.25) is 5.89 Å². The Bertz CT molecular complexity index is 998. The average molecular weight is 393 g/mol. The highest BCUT2D eigenvalue weighted by atomic mass is 16.5. The van der Waals surface area contributed by atoms with Crippen LogP contribution in [0.1, 0.15) is 12.5 Å². The van der Waals surface area contributed by atoms with Crippen LogP contribution in [0.4, 0.5) is 6.01 Å². The Morgan fingerprint density at radius 3 is 2.62 bits per heavy atom. The number of nitrogens with one attached hydrogen (secondary N) is 1. The lowest BCUT2D eigenvalue weighted by atomic mass is 10.2. The number of hydrogen-bond acceptors (Lipinski definition) is 7. The molecule has 1 N–H and O–H groups in total. The first-order valence-electron chi connectivity index (χ1n) is 8.91. The largest absolute Gasteiger partial charge is 0.493 e. The highest BCUT2D eigenvalue weighted by molar-refractivity contribution is 5.93. The van der Waals surface area contributed by atoms with E-state index in [4.69, 9.17) is 13.9 Å². The van der Waals surface area contributed by atoms with Crippen molar-refractivity contribution in [1.82, 2.24) is 10.2 Å². The molecule has 0 unspecified atom stereocenters. The number of benzene rings is 2. The Kier molecular flexibility index (Phi) is 6.72. The lowest BCUT2D eigenvalue weighted by Gasteiger charge is -2.06. The number of aromatic nitrogens is 2. The van der Waals surface area contributed by atoms with Crippen LogP contribution in [0.5, 0.6) is 5.75 Å². The van der Waals surface area contributed by atoms with Crippen molar-refractivity contribution in [2.75, 3.05) is 18.5 Å². The predicted molar refractivity (Wildman–Crippen MR) is 106 cm³/mol. The molecule has 3 rings (SSSR count). The smallest absolute Gasteiger partial charge is 0.331 e. The number of ether oxygens (including phenoxy) is 2. The first-order valence-corrected chi connectivity index (χ1v) is 8.91. The van der Waals surface area contributed by atoms with Gasteiger partial charge >= 0.3 is 12.0 Å². The Morgan fingerprint density at radius 2 is 1.83 bits per heavy atom. The van der Waals surface area contributed by atoms with Gasteiger partial charge < -0.3 is 13.9 Å². The molecular weight excluding hydrogens is 374 g/mol. The zero-order valence-electron chi connectivity index (χ0n) is 15.7. The number of para-hydroxylation sites is 1. The minimum absolute atomic E-state index is 0.0777. The van der Waals surface area contributed by atoms with Gasteiger partial charge in [0.25, 0.3) is 5.91 Å². The van der Waals surface area contributed by atoms with Gasteiger partial charge in [-0.05, 0) is 31.2 Å². The molecule has 29 heavy (non-hydrogen) atoms. The van der Waals surface area contributed by atoms with E-state index in [9.17, 15) is 9.59 Å². The van der Waals surface area contributed by atoms with Gasteiger partial charge in [0.05, 0.1) is 6.61 Å². The molecule has 8 nitrogen and oxygen atoms in total. The fourth-order valence-electron chi connectivity index (χ4n) is 2.37. The summed E-state index contributed by atoms with van der Waals surface area (Å²) in [6.07, 6.45) is 2.79. The summed E-state index contributed by atoms with van der Waals surface area (Å²) < 4.78 is 15.8. The SMILES string of the molecule is CCOc1ccccc1/C=C/C(=O)OCC(=O)Nc1nnc(-c2ccccc2)o1. The summed E-state index contributed by atoms with van der Waals surface area (Å²) in [6, 6.07) is 16.3. The first-order chi connectivity index (χ1) is 14.2. The van der Waals surface area contributed by atoms with Crippen LogP contribution < -0.4 is 10.1 Å². The Labute approximate surface area is 167 Å². The van der Waals surface area contributed by atoms with Gasteiger partial charge in [0.15, 0.2) is 6.61 Å². The van der Waals surface area contributed by atoms with Crippen molar-refractivity contribution in [2.24, 2.45) is 0 Å². The topological polar surface area (TPSA) is 104 Å². The Hall–Kier alpha value is -3.94. The van der Waals surface area contributed by atoms with E-state index in [-0.39, 0.29) is 11.9 Å². The fourth-order valence-corrected chi connectivity index (χ4v) is 2.37. The third-order valence-electron chi connectivity index (χ3n) is 3.66. The van der Waals surface area contributed by atoms with Crippen LogP contribution in [-0.2, 0) is 14.3 Å². The van der Waals surface area contributed by atoms with Crippen LogP contribution in [0.3, 0.4) is 0 Å². The molecule has 0 spiro atoms. The maximum absolute atomic E-state index is 11.9. The molecule has 1 amide bonds. The predicted octanol–water partition coefficient (Wildman–Crippen LogP) is 3.33. The van der Waals surface area contributed by atoms with Crippen molar-refractivity contribution in [3.8, 4) is 17.2 Å². The molecule has 1 heterocycles. The van der Waals surface area contributed by atoms with Gasteiger partial charge in [-0.1, -0.05) is 41.5 Å². The number of carbonyl (C=O) groups is 2. The summed E-state index contributed by atoms with van der Waals surface area (Å²) in [4.78, 5) is 23.8. The molecule has 3 aromatic rings. The van der Waals surface area contributed by atoms with Crippen LogP contribution in [0, 0.1) is 0 Å². The zero-order valence-corrected chi connectivity index (χ0v) is 15.7. The molecule has 1 aromatic heterocycles. The summed E-state index contributed by atoms with van der Waals surface area (Å²) >= 11 is 0. The van der Waals surface area contributed by atoms with Crippen molar-refractivity contribution in [2.45, 2.75) is 6.92 Å². The average Bonchev–Trinajstić information content (AvgIpc) is 3.21. The minimum atomic E-state index is -0.665. The molecule has 0 saturated heterocycles. The molecule has 0 fully saturated rings. The van der Waals surface area contributed by atoms with Crippen LogP contribution in [-0.4, -0.2) is 35.3 Å². The third-order valence-corrected chi connectivity index (χ3v) is 3.66. The highest BCUT2D eigenvalue weighted by Gasteiger charge is 2.12. The molecule has 2 aromatic carbocycles. The fraction of sp³-hybridized carbons (Fsp3) is 0.143. The number of hydrogen-bond donors (Lipinski definition) is 1. The first kappa shape index (κ1) is 19.8. The summed E-state index contributed by atoms with van der Waals surface area (Å²) in [7, 11) is 0.